The van der Waals surface area contributed by atoms with E-state index in [1.165, 1.54) is 0 Å². The summed E-state index contributed by atoms with van der Waals surface area (Å²) >= 11 is 0. The number of anilines is 1. The third-order valence-corrected chi connectivity index (χ3v) is 4.63. The zero-order valence-corrected chi connectivity index (χ0v) is 16.5. The van der Waals surface area contributed by atoms with Crippen LogP contribution < -0.4 is 5.32 Å². The molecule has 1 atom stereocenters. The Morgan fingerprint density at radius 2 is 1.93 bits per heavy atom. The zero-order chi connectivity index (χ0) is 20.3. The van der Waals surface area contributed by atoms with Gasteiger partial charge in [-0.3, -0.25) is 4.79 Å². The molecular formula is C22H24N2O4. The topological polar surface area (TPSA) is 73.5 Å². The summed E-state index contributed by atoms with van der Waals surface area (Å²) in [6.07, 6.45) is 0.703. The maximum Gasteiger partial charge on any atom is 0.340 e. The Labute approximate surface area is 164 Å². The number of hydrogen-bond donors (Lipinski definition) is 1. The third kappa shape index (κ3) is 4.34. The van der Waals surface area contributed by atoms with E-state index < -0.39 is 12.1 Å². The molecule has 6 nitrogen and oxygen atoms in total. The monoisotopic (exact) mass is 380 g/mol. The lowest BCUT2D eigenvalue weighted by atomic mass is 10.2. The summed E-state index contributed by atoms with van der Waals surface area (Å²) in [4.78, 5) is 25.0. The molecule has 3 rings (SSSR count). The van der Waals surface area contributed by atoms with Gasteiger partial charge in [-0.1, -0.05) is 12.1 Å². The van der Waals surface area contributed by atoms with Crippen molar-refractivity contribution in [1.82, 2.24) is 4.57 Å². The van der Waals surface area contributed by atoms with E-state index in [9.17, 15) is 9.59 Å². The first-order valence-corrected chi connectivity index (χ1v) is 9.12. The Morgan fingerprint density at radius 3 is 2.61 bits per heavy atom. The number of aromatic nitrogens is 1. The van der Waals surface area contributed by atoms with Crippen LogP contribution in [-0.2, 0) is 16.1 Å². The van der Waals surface area contributed by atoms with Crippen molar-refractivity contribution in [3.63, 3.8) is 0 Å². The van der Waals surface area contributed by atoms with Crippen molar-refractivity contribution in [1.29, 1.82) is 0 Å². The predicted octanol–water partition coefficient (Wildman–Crippen LogP) is 4.24. The average molecular weight is 380 g/mol. The molecule has 0 aliphatic rings. The SMILES string of the molecule is Cc1cccc(NC(=O)C(C)OC(=O)c2cc(C)n(Cc3ccco3)c2C)c1. The van der Waals surface area contributed by atoms with Crippen molar-refractivity contribution in [2.45, 2.75) is 40.3 Å². The number of carbonyl (C=O) groups excluding carboxylic acids is 2. The molecule has 0 saturated carbocycles. The largest absolute Gasteiger partial charge is 0.467 e. The van der Waals surface area contributed by atoms with Crippen LogP contribution in [0.4, 0.5) is 5.69 Å². The predicted molar refractivity (Wildman–Crippen MR) is 106 cm³/mol. The molecule has 0 radical (unpaired) electrons. The molecule has 3 aromatic rings. The normalized spacial score (nSPS) is 11.9. The third-order valence-electron chi connectivity index (χ3n) is 4.63. The lowest BCUT2D eigenvalue weighted by Crippen LogP contribution is -2.30. The highest BCUT2D eigenvalue weighted by Gasteiger charge is 2.23. The van der Waals surface area contributed by atoms with Crippen LogP contribution in [0.3, 0.4) is 0 Å². The number of rotatable bonds is 6. The Bertz CT molecular complexity index is 986. The van der Waals surface area contributed by atoms with Crippen LogP contribution in [0.5, 0.6) is 0 Å². The molecule has 146 valence electrons. The number of benzene rings is 1. The van der Waals surface area contributed by atoms with E-state index in [1.807, 2.05) is 55.7 Å². The smallest absolute Gasteiger partial charge is 0.340 e. The number of esters is 1. The molecule has 0 bridgehead atoms. The van der Waals surface area contributed by atoms with Gasteiger partial charge < -0.3 is 19.0 Å². The molecule has 0 fully saturated rings. The molecule has 28 heavy (non-hydrogen) atoms. The first-order chi connectivity index (χ1) is 13.3. The van der Waals surface area contributed by atoms with Crippen molar-refractivity contribution in [3.05, 3.63) is 77.0 Å². The molecule has 1 N–H and O–H groups in total. The summed E-state index contributed by atoms with van der Waals surface area (Å²) in [6, 6.07) is 12.9. The van der Waals surface area contributed by atoms with Gasteiger partial charge in [-0.25, -0.2) is 4.79 Å². The van der Waals surface area contributed by atoms with Crippen LogP contribution >= 0.6 is 0 Å². The van der Waals surface area contributed by atoms with Gasteiger partial charge in [-0.15, -0.1) is 0 Å². The second-order valence-corrected chi connectivity index (χ2v) is 6.86. The summed E-state index contributed by atoms with van der Waals surface area (Å²) in [7, 11) is 0. The van der Waals surface area contributed by atoms with Crippen LogP contribution in [0.1, 0.15) is 40.0 Å². The van der Waals surface area contributed by atoms with E-state index in [0.717, 1.165) is 22.7 Å². The van der Waals surface area contributed by atoms with E-state index >= 15 is 0 Å². The quantitative estimate of drug-likeness (QED) is 0.649. The molecule has 1 amide bonds. The minimum atomic E-state index is -0.916. The van der Waals surface area contributed by atoms with Gasteiger partial charge in [0.1, 0.15) is 5.76 Å². The van der Waals surface area contributed by atoms with Gasteiger partial charge in [0.05, 0.1) is 18.4 Å². The summed E-state index contributed by atoms with van der Waals surface area (Å²) < 4.78 is 12.8. The highest BCUT2D eigenvalue weighted by molar-refractivity contribution is 5.97. The van der Waals surface area contributed by atoms with E-state index in [0.29, 0.717) is 17.8 Å². The van der Waals surface area contributed by atoms with Crippen LogP contribution in [-0.4, -0.2) is 22.5 Å². The first-order valence-electron chi connectivity index (χ1n) is 9.12. The maximum absolute atomic E-state index is 12.6. The minimum Gasteiger partial charge on any atom is -0.467 e. The summed E-state index contributed by atoms with van der Waals surface area (Å²) in [6.45, 7) is 7.80. The highest BCUT2D eigenvalue weighted by Crippen LogP contribution is 2.19. The Morgan fingerprint density at radius 1 is 1.14 bits per heavy atom. The Kier molecular flexibility index (Phi) is 5.68. The number of ether oxygens (including phenoxy) is 1. The highest BCUT2D eigenvalue weighted by atomic mass is 16.5. The summed E-state index contributed by atoms with van der Waals surface area (Å²) in [5, 5.41) is 2.77. The van der Waals surface area contributed by atoms with Gasteiger partial charge in [0, 0.05) is 17.1 Å². The summed E-state index contributed by atoms with van der Waals surface area (Å²) in [5.74, 6) is -0.0957. The zero-order valence-electron chi connectivity index (χ0n) is 16.5. The minimum absolute atomic E-state index is 0.372. The van der Waals surface area contributed by atoms with Gasteiger partial charge in [0.15, 0.2) is 6.10 Å². The van der Waals surface area contributed by atoms with Gasteiger partial charge in [0.25, 0.3) is 5.91 Å². The number of nitrogens with zero attached hydrogens (tertiary/aromatic N) is 1. The first kappa shape index (κ1) is 19.5. The van der Waals surface area contributed by atoms with Gasteiger partial charge >= 0.3 is 5.97 Å². The molecule has 0 aliphatic heterocycles. The van der Waals surface area contributed by atoms with Crippen molar-refractivity contribution in [3.8, 4) is 0 Å². The fourth-order valence-corrected chi connectivity index (χ4v) is 3.05. The molecule has 1 aromatic carbocycles. The van der Waals surface area contributed by atoms with Crippen LogP contribution in [0.25, 0.3) is 0 Å². The number of nitrogens with one attached hydrogen (secondary N) is 1. The standard InChI is InChI=1S/C22H24N2O4/c1-14-7-5-8-18(11-14)23-21(25)17(4)28-22(26)20-12-15(2)24(16(20)3)13-19-9-6-10-27-19/h5-12,17H,13H2,1-4H3,(H,23,25). The van der Waals surface area contributed by atoms with Crippen LogP contribution in [0.2, 0.25) is 0 Å². The molecule has 1 unspecified atom stereocenters. The van der Waals surface area contributed by atoms with E-state index in [2.05, 4.69) is 5.32 Å². The number of amides is 1. The Balaban J connectivity index is 1.67. The van der Waals surface area contributed by atoms with Crippen molar-refractivity contribution in [2.75, 3.05) is 5.32 Å². The van der Waals surface area contributed by atoms with Crippen molar-refractivity contribution >= 4 is 17.6 Å². The summed E-state index contributed by atoms with van der Waals surface area (Å²) in [5.41, 5.74) is 3.83. The Hall–Kier alpha value is -3.28. The second-order valence-electron chi connectivity index (χ2n) is 6.86. The number of hydrogen-bond acceptors (Lipinski definition) is 4. The second kappa shape index (κ2) is 8.17. The molecule has 6 heteroatoms. The molecule has 2 heterocycles. The van der Waals surface area contributed by atoms with E-state index in [4.69, 9.17) is 9.15 Å². The number of carbonyl (C=O) groups is 2. The average Bonchev–Trinajstić information content (AvgIpc) is 3.25. The maximum atomic E-state index is 12.6. The molecule has 0 spiro atoms. The van der Waals surface area contributed by atoms with Gasteiger partial charge in [-0.05, 0) is 63.6 Å². The lowest BCUT2D eigenvalue weighted by Gasteiger charge is -2.14. The van der Waals surface area contributed by atoms with Crippen LogP contribution in [0, 0.1) is 20.8 Å². The lowest BCUT2D eigenvalue weighted by molar-refractivity contribution is -0.123. The molecule has 0 aliphatic carbocycles. The van der Waals surface area contributed by atoms with Crippen molar-refractivity contribution in [2.24, 2.45) is 0 Å². The fraction of sp³-hybridized carbons (Fsp3) is 0.273. The van der Waals surface area contributed by atoms with Crippen LogP contribution in [0.15, 0.2) is 53.1 Å². The fourth-order valence-electron chi connectivity index (χ4n) is 3.05. The number of aryl methyl sites for hydroxylation is 2. The number of furan rings is 1. The van der Waals surface area contributed by atoms with Gasteiger partial charge in [0.2, 0.25) is 0 Å². The van der Waals surface area contributed by atoms with Crippen molar-refractivity contribution < 1.29 is 18.7 Å². The molecule has 0 saturated heterocycles. The van der Waals surface area contributed by atoms with E-state index in [1.54, 1.807) is 25.3 Å². The van der Waals surface area contributed by atoms with E-state index in [-0.39, 0.29) is 5.91 Å². The molecule has 2 aromatic heterocycles. The van der Waals surface area contributed by atoms with Gasteiger partial charge in [-0.2, -0.15) is 0 Å². The molecular weight excluding hydrogens is 356 g/mol.